The first-order valence-corrected chi connectivity index (χ1v) is 13.6. The smallest absolute Gasteiger partial charge is 0.410 e. The van der Waals surface area contributed by atoms with Gasteiger partial charge in [-0.25, -0.2) is 13.2 Å². The van der Waals surface area contributed by atoms with Crippen molar-refractivity contribution in [3.63, 3.8) is 0 Å². The number of nitrogens with zero attached hydrogens (tertiary/aromatic N) is 2. The Balaban J connectivity index is 1.91. The highest BCUT2D eigenvalue weighted by atomic mass is 32.2. The monoisotopic (exact) mass is 516 g/mol. The van der Waals surface area contributed by atoms with Crippen LogP contribution in [0.1, 0.15) is 33.3 Å². The predicted molar refractivity (Wildman–Crippen MR) is 139 cm³/mol. The van der Waals surface area contributed by atoms with E-state index in [1.165, 1.54) is 21.5 Å². The zero-order valence-corrected chi connectivity index (χ0v) is 22.3. The molecule has 9 heteroatoms. The van der Waals surface area contributed by atoms with E-state index in [-0.39, 0.29) is 30.0 Å². The van der Waals surface area contributed by atoms with Crippen LogP contribution in [-0.4, -0.2) is 67.2 Å². The van der Waals surface area contributed by atoms with Crippen LogP contribution in [0.25, 0.3) is 11.0 Å². The second-order valence-corrected chi connectivity index (χ2v) is 11.6. The highest BCUT2D eigenvalue weighted by Gasteiger charge is 2.34. The largest absolute Gasteiger partial charge is 0.464 e. The van der Waals surface area contributed by atoms with Crippen LogP contribution in [0.15, 0.2) is 70.2 Å². The van der Waals surface area contributed by atoms with Crippen LogP contribution in [0.2, 0.25) is 0 Å². The van der Waals surface area contributed by atoms with Crippen molar-refractivity contribution in [1.29, 1.82) is 0 Å². The van der Waals surface area contributed by atoms with Crippen LogP contribution in [0.3, 0.4) is 0 Å². The number of fused-ring (bicyclic) bond motifs is 1. The lowest BCUT2D eigenvalue weighted by molar-refractivity contribution is 0.0259. The zero-order valence-electron chi connectivity index (χ0n) is 21.5. The van der Waals surface area contributed by atoms with E-state index in [0.717, 1.165) is 5.56 Å². The number of likely N-dealkylation sites (N-methyl/N-ethyl adjacent to an activating group) is 1. The summed E-state index contributed by atoms with van der Waals surface area (Å²) in [5.41, 5.74) is 1.51. The normalized spacial score (nSPS) is 13.9. The molecular weight excluding hydrogens is 480 g/mol. The number of carbonyl (C=O) groups excluding carboxylic acids is 1. The number of aliphatic hydroxyl groups is 1. The summed E-state index contributed by atoms with van der Waals surface area (Å²) in [4.78, 5) is 14.2. The first-order chi connectivity index (χ1) is 17.0. The molecule has 0 aliphatic rings. The number of amides is 1. The van der Waals surface area contributed by atoms with Gasteiger partial charge in [-0.1, -0.05) is 44.2 Å². The van der Waals surface area contributed by atoms with Crippen molar-refractivity contribution in [2.24, 2.45) is 5.92 Å². The molecule has 1 aromatic heterocycles. The summed E-state index contributed by atoms with van der Waals surface area (Å²) >= 11 is 0. The second-order valence-electron chi connectivity index (χ2n) is 9.70. The summed E-state index contributed by atoms with van der Waals surface area (Å²) in [6.45, 7) is 7.37. The van der Waals surface area contributed by atoms with Crippen molar-refractivity contribution in [3.8, 4) is 0 Å². The fourth-order valence-electron chi connectivity index (χ4n) is 4.07. The molecule has 0 aliphatic carbocycles. The van der Waals surface area contributed by atoms with E-state index in [1.54, 1.807) is 39.1 Å². The highest BCUT2D eigenvalue weighted by molar-refractivity contribution is 7.89. The number of hydrogen-bond donors (Lipinski definition) is 1. The van der Waals surface area contributed by atoms with Crippen LogP contribution in [-0.2, 0) is 21.2 Å². The Hall–Kier alpha value is -2.88. The third-order valence-corrected chi connectivity index (χ3v) is 7.70. The molecule has 1 heterocycles. The van der Waals surface area contributed by atoms with Gasteiger partial charge in [0, 0.05) is 25.5 Å². The topological polar surface area (TPSA) is 100 Å². The maximum atomic E-state index is 13.7. The number of hydrogen-bond acceptors (Lipinski definition) is 6. The lowest BCUT2D eigenvalue weighted by Gasteiger charge is -2.35. The summed E-state index contributed by atoms with van der Waals surface area (Å²) in [5, 5.41) is 12.1. The molecule has 3 aromatic rings. The van der Waals surface area contributed by atoms with Crippen LogP contribution in [0.5, 0.6) is 0 Å². The Morgan fingerprint density at radius 2 is 1.72 bits per heavy atom. The van der Waals surface area contributed by atoms with E-state index in [4.69, 9.17) is 9.15 Å². The number of ether oxygens (including phenoxy) is 1. The average Bonchev–Trinajstić information content (AvgIpc) is 3.29. The second kappa shape index (κ2) is 11.9. The van der Waals surface area contributed by atoms with Crippen molar-refractivity contribution >= 4 is 27.1 Å². The van der Waals surface area contributed by atoms with Crippen molar-refractivity contribution in [2.45, 2.75) is 57.3 Å². The first kappa shape index (κ1) is 27.7. The van der Waals surface area contributed by atoms with Crippen LogP contribution in [0, 0.1) is 5.92 Å². The molecule has 0 unspecified atom stereocenters. The Morgan fingerprint density at radius 3 is 2.36 bits per heavy atom. The molecule has 0 spiro atoms. The molecule has 36 heavy (non-hydrogen) atoms. The lowest BCUT2D eigenvalue weighted by atomic mass is 10.00. The molecule has 0 aliphatic heterocycles. The molecule has 3 rings (SSSR count). The lowest BCUT2D eigenvalue weighted by Crippen LogP contribution is -2.52. The molecule has 0 radical (unpaired) electrons. The van der Waals surface area contributed by atoms with Gasteiger partial charge in [-0.15, -0.1) is 0 Å². The van der Waals surface area contributed by atoms with Gasteiger partial charge in [0.05, 0.1) is 29.4 Å². The summed E-state index contributed by atoms with van der Waals surface area (Å²) in [6, 6.07) is 15.2. The Labute approximate surface area is 213 Å². The van der Waals surface area contributed by atoms with Gasteiger partial charge < -0.3 is 19.2 Å². The van der Waals surface area contributed by atoms with Gasteiger partial charge in [0.2, 0.25) is 10.0 Å². The molecular formula is C27H36N2O6S. The summed E-state index contributed by atoms with van der Waals surface area (Å²) < 4.78 is 39.3. The fourth-order valence-corrected chi connectivity index (χ4v) is 5.73. The van der Waals surface area contributed by atoms with Gasteiger partial charge in [-0.3, -0.25) is 0 Å². The molecule has 2 aromatic carbocycles. The molecule has 2 atom stereocenters. The summed E-state index contributed by atoms with van der Waals surface area (Å²) in [7, 11) is -2.37. The number of rotatable bonds is 11. The van der Waals surface area contributed by atoms with Crippen molar-refractivity contribution in [3.05, 3.63) is 66.4 Å². The maximum Gasteiger partial charge on any atom is 0.410 e. The molecule has 0 bridgehead atoms. The predicted octanol–water partition coefficient (Wildman–Crippen LogP) is 4.53. The number of aliphatic hydroxyl groups excluding tert-OH is 1. The Kier molecular flexibility index (Phi) is 9.16. The van der Waals surface area contributed by atoms with Gasteiger partial charge in [-0.05, 0) is 56.0 Å². The van der Waals surface area contributed by atoms with E-state index in [1.807, 2.05) is 44.2 Å². The number of furan rings is 1. The quantitative estimate of drug-likeness (QED) is 0.402. The molecule has 1 amide bonds. The first-order valence-electron chi connectivity index (χ1n) is 12.1. The van der Waals surface area contributed by atoms with Crippen molar-refractivity contribution in [1.82, 2.24) is 9.21 Å². The molecule has 0 fully saturated rings. The summed E-state index contributed by atoms with van der Waals surface area (Å²) in [5.74, 6) is 0.0147. The van der Waals surface area contributed by atoms with Gasteiger partial charge in [0.1, 0.15) is 5.58 Å². The Morgan fingerprint density at radius 1 is 1.03 bits per heavy atom. The van der Waals surface area contributed by atoms with E-state index in [9.17, 15) is 18.3 Å². The minimum atomic E-state index is -3.93. The number of carbonyl (C=O) groups is 1. The van der Waals surface area contributed by atoms with Gasteiger partial charge in [0.15, 0.2) is 0 Å². The van der Waals surface area contributed by atoms with Crippen molar-refractivity contribution in [2.75, 3.05) is 20.1 Å². The van der Waals surface area contributed by atoms with Crippen LogP contribution >= 0.6 is 0 Å². The average molecular weight is 517 g/mol. The molecule has 8 nitrogen and oxygen atoms in total. The number of benzene rings is 2. The van der Waals surface area contributed by atoms with Gasteiger partial charge in [-0.2, -0.15) is 4.31 Å². The standard InChI is InChI=1S/C27H36N2O6S/c1-19(2)17-29(36(32,33)23-11-12-26-22(16-23)13-14-34-26)18-25(30)24(15-21-9-7-6-8-10-21)28(5)27(31)35-20(3)4/h6-14,16,19-20,24-25,30H,15,17-18H2,1-5H3/t24-,25+/m0/s1. The maximum absolute atomic E-state index is 13.7. The zero-order chi connectivity index (χ0) is 26.5. The van der Waals surface area contributed by atoms with E-state index >= 15 is 0 Å². The highest BCUT2D eigenvalue weighted by Crippen LogP contribution is 2.25. The Bertz CT molecular complexity index is 1240. The number of sulfonamides is 1. The van der Waals surface area contributed by atoms with Gasteiger partial charge in [0.25, 0.3) is 0 Å². The summed E-state index contributed by atoms with van der Waals surface area (Å²) in [6.07, 6.45) is -0.223. The molecule has 1 N–H and O–H groups in total. The minimum Gasteiger partial charge on any atom is -0.464 e. The third kappa shape index (κ3) is 6.87. The van der Waals surface area contributed by atoms with Crippen molar-refractivity contribution < 1.29 is 27.5 Å². The van der Waals surface area contributed by atoms with Gasteiger partial charge >= 0.3 is 6.09 Å². The fraction of sp³-hybridized carbons (Fsp3) is 0.444. The minimum absolute atomic E-state index is 0.0147. The van der Waals surface area contributed by atoms with E-state index < -0.39 is 28.3 Å². The molecule has 196 valence electrons. The third-order valence-electron chi connectivity index (χ3n) is 5.87. The van der Waals surface area contributed by atoms with E-state index in [0.29, 0.717) is 17.4 Å². The molecule has 0 saturated carbocycles. The SMILES string of the molecule is CC(C)CN(C[C@@H](O)[C@H](Cc1ccccc1)N(C)C(=O)OC(C)C)S(=O)(=O)c1ccc2occc2c1. The van der Waals surface area contributed by atoms with E-state index in [2.05, 4.69) is 0 Å². The van der Waals surface area contributed by atoms with Crippen LogP contribution in [0.4, 0.5) is 4.79 Å². The molecule has 0 saturated heterocycles. The van der Waals surface area contributed by atoms with Crippen LogP contribution < -0.4 is 0 Å².